The molecule has 0 saturated carbocycles. The molecule has 0 amide bonds. The molecule has 2 aliphatic rings. The summed E-state index contributed by atoms with van der Waals surface area (Å²) in [6, 6.07) is 0. The standard InChI is InChI=1S/C7H7N3S/c1-2-10-6-9-8-4-7(10)5-11-3-1/h1,3-6H,2H2. The first kappa shape index (κ1) is 6.67. The van der Waals surface area contributed by atoms with Crippen molar-refractivity contribution < 1.29 is 0 Å². The minimum atomic E-state index is 0.883. The van der Waals surface area contributed by atoms with E-state index in [1.54, 1.807) is 24.3 Å². The quantitative estimate of drug-likeness (QED) is 0.543. The van der Waals surface area contributed by atoms with Gasteiger partial charge in [-0.1, -0.05) is 6.08 Å². The Morgan fingerprint density at radius 1 is 1.45 bits per heavy atom. The third-order valence-electron chi connectivity index (χ3n) is 1.45. The molecule has 2 aliphatic heterocycles. The van der Waals surface area contributed by atoms with E-state index in [2.05, 4.69) is 27.1 Å². The van der Waals surface area contributed by atoms with Gasteiger partial charge in [0, 0.05) is 12.0 Å². The predicted molar refractivity (Wildman–Crippen MR) is 48.5 cm³/mol. The molecule has 2 heterocycles. The van der Waals surface area contributed by atoms with Gasteiger partial charge in [-0.2, -0.15) is 5.10 Å². The third kappa shape index (κ3) is 1.35. The van der Waals surface area contributed by atoms with E-state index in [1.807, 2.05) is 4.90 Å². The minimum Gasteiger partial charge on any atom is -0.325 e. The molecule has 11 heavy (non-hydrogen) atoms. The summed E-state index contributed by atoms with van der Waals surface area (Å²) >= 11 is 1.66. The summed E-state index contributed by atoms with van der Waals surface area (Å²) in [6.45, 7) is 0.883. The predicted octanol–water partition coefficient (Wildman–Crippen LogP) is 1.42. The van der Waals surface area contributed by atoms with Crippen molar-refractivity contribution in [2.24, 2.45) is 10.2 Å². The zero-order chi connectivity index (χ0) is 7.52. The van der Waals surface area contributed by atoms with Crippen molar-refractivity contribution in [3.8, 4) is 0 Å². The van der Waals surface area contributed by atoms with Crippen LogP contribution in [-0.4, -0.2) is 24.0 Å². The number of hydrogen-bond donors (Lipinski definition) is 0. The molecule has 0 fully saturated rings. The molecule has 0 bridgehead atoms. The van der Waals surface area contributed by atoms with Gasteiger partial charge in [-0.05, 0) is 5.41 Å². The highest BCUT2D eigenvalue weighted by Crippen LogP contribution is 2.15. The van der Waals surface area contributed by atoms with E-state index in [0.717, 1.165) is 12.2 Å². The van der Waals surface area contributed by atoms with E-state index >= 15 is 0 Å². The van der Waals surface area contributed by atoms with Crippen LogP contribution in [-0.2, 0) is 0 Å². The van der Waals surface area contributed by atoms with Gasteiger partial charge in [0.2, 0.25) is 0 Å². The zero-order valence-corrected chi connectivity index (χ0v) is 6.66. The van der Waals surface area contributed by atoms with Crippen LogP contribution < -0.4 is 0 Å². The molecule has 0 spiro atoms. The fourth-order valence-corrected chi connectivity index (χ4v) is 1.51. The summed E-state index contributed by atoms with van der Waals surface area (Å²) in [5, 5.41) is 11.7. The Labute approximate surface area is 69.2 Å². The van der Waals surface area contributed by atoms with Gasteiger partial charge in [-0.3, -0.25) is 0 Å². The molecular formula is C7H7N3S. The van der Waals surface area contributed by atoms with Crippen LogP contribution in [0.1, 0.15) is 0 Å². The van der Waals surface area contributed by atoms with E-state index in [1.165, 1.54) is 0 Å². The van der Waals surface area contributed by atoms with Crippen molar-refractivity contribution in [1.29, 1.82) is 0 Å². The molecule has 0 aromatic heterocycles. The van der Waals surface area contributed by atoms with Crippen molar-refractivity contribution >= 4 is 24.3 Å². The van der Waals surface area contributed by atoms with E-state index in [4.69, 9.17) is 0 Å². The molecule has 0 aliphatic carbocycles. The average Bonchev–Trinajstić information content (AvgIpc) is 2.28. The van der Waals surface area contributed by atoms with Crippen LogP contribution in [0.3, 0.4) is 0 Å². The highest BCUT2D eigenvalue weighted by Gasteiger charge is 2.07. The van der Waals surface area contributed by atoms with Crippen LogP contribution in [0.25, 0.3) is 0 Å². The molecule has 0 atom stereocenters. The Morgan fingerprint density at radius 2 is 2.45 bits per heavy atom. The zero-order valence-electron chi connectivity index (χ0n) is 5.84. The summed E-state index contributed by atoms with van der Waals surface area (Å²) in [5.41, 5.74) is 1.11. The fourth-order valence-electron chi connectivity index (χ4n) is 0.897. The molecule has 0 radical (unpaired) electrons. The van der Waals surface area contributed by atoms with Gasteiger partial charge >= 0.3 is 0 Å². The largest absolute Gasteiger partial charge is 0.325 e. The summed E-state index contributed by atoms with van der Waals surface area (Å²) in [4.78, 5) is 2.05. The molecule has 4 heteroatoms. The summed E-state index contributed by atoms with van der Waals surface area (Å²) in [7, 11) is 0. The summed E-state index contributed by atoms with van der Waals surface area (Å²) in [5.74, 6) is 0. The van der Waals surface area contributed by atoms with Gasteiger partial charge in [-0.15, -0.1) is 16.9 Å². The van der Waals surface area contributed by atoms with Gasteiger partial charge in [-0.25, -0.2) is 0 Å². The first-order valence-electron chi connectivity index (χ1n) is 3.30. The maximum absolute atomic E-state index is 3.80. The highest BCUT2D eigenvalue weighted by molar-refractivity contribution is 8.04. The second-order valence-electron chi connectivity index (χ2n) is 2.18. The molecule has 56 valence electrons. The van der Waals surface area contributed by atoms with Gasteiger partial charge < -0.3 is 4.90 Å². The van der Waals surface area contributed by atoms with Crippen LogP contribution >= 0.6 is 11.8 Å². The Balaban J connectivity index is 2.27. The second kappa shape index (κ2) is 2.92. The lowest BCUT2D eigenvalue weighted by atomic mass is 10.4. The van der Waals surface area contributed by atoms with E-state index in [-0.39, 0.29) is 0 Å². The summed E-state index contributed by atoms with van der Waals surface area (Å²) in [6.07, 6.45) is 5.60. The van der Waals surface area contributed by atoms with Gasteiger partial charge in [0.25, 0.3) is 0 Å². The second-order valence-corrected chi connectivity index (χ2v) is 2.96. The number of nitrogens with zero attached hydrogens (tertiary/aromatic N) is 3. The van der Waals surface area contributed by atoms with Crippen LogP contribution in [0.5, 0.6) is 0 Å². The van der Waals surface area contributed by atoms with Crippen LogP contribution in [0.15, 0.2) is 32.8 Å². The van der Waals surface area contributed by atoms with Crippen LogP contribution in [0.4, 0.5) is 0 Å². The maximum Gasteiger partial charge on any atom is 0.118 e. The molecule has 0 N–H and O–H groups in total. The Bertz CT molecular complexity index is 265. The number of fused-ring (bicyclic) bond motifs is 1. The fraction of sp³-hybridized carbons (Fsp3) is 0.143. The number of thioether (sulfide) groups is 1. The first-order valence-corrected chi connectivity index (χ1v) is 4.25. The molecule has 0 saturated heterocycles. The van der Waals surface area contributed by atoms with E-state index in [9.17, 15) is 0 Å². The van der Waals surface area contributed by atoms with Gasteiger partial charge in [0.05, 0.1) is 11.9 Å². The Morgan fingerprint density at radius 3 is 3.45 bits per heavy atom. The Kier molecular flexibility index (Phi) is 1.77. The molecule has 2 rings (SSSR count). The Hall–Kier alpha value is -1.03. The molecule has 0 unspecified atom stereocenters. The third-order valence-corrected chi connectivity index (χ3v) is 2.17. The van der Waals surface area contributed by atoms with Crippen molar-refractivity contribution in [3.63, 3.8) is 0 Å². The monoisotopic (exact) mass is 165 g/mol. The van der Waals surface area contributed by atoms with Crippen molar-refractivity contribution in [2.45, 2.75) is 0 Å². The topological polar surface area (TPSA) is 28.0 Å². The lowest BCUT2D eigenvalue weighted by molar-refractivity contribution is 0.611. The van der Waals surface area contributed by atoms with Crippen molar-refractivity contribution in [2.75, 3.05) is 6.54 Å². The number of rotatable bonds is 0. The smallest absolute Gasteiger partial charge is 0.118 e. The van der Waals surface area contributed by atoms with Crippen LogP contribution in [0.2, 0.25) is 0 Å². The normalized spacial score (nSPS) is 21.1. The molecule has 0 aromatic carbocycles. The number of allylic oxidation sites excluding steroid dienone is 1. The van der Waals surface area contributed by atoms with E-state index < -0.39 is 0 Å². The minimum absolute atomic E-state index is 0.883. The lowest BCUT2D eigenvalue weighted by Crippen LogP contribution is -2.23. The van der Waals surface area contributed by atoms with Gasteiger partial charge in [0.15, 0.2) is 0 Å². The van der Waals surface area contributed by atoms with Crippen LogP contribution in [0, 0.1) is 0 Å². The van der Waals surface area contributed by atoms with Crippen molar-refractivity contribution in [1.82, 2.24) is 4.90 Å². The highest BCUT2D eigenvalue weighted by atomic mass is 32.2. The molecule has 3 nitrogen and oxygen atoms in total. The molecule has 0 aromatic rings. The number of hydrogen-bond acceptors (Lipinski definition) is 4. The SMILES string of the molecule is C1=CSC=C2C=NN=CN2C1. The summed E-state index contributed by atoms with van der Waals surface area (Å²) < 4.78 is 0. The van der Waals surface area contributed by atoms with E-state index in [0.29, 0.717) is 0 Å². The maximum atomic E-state index is 3.80. The lowest BCUT2D eigenvalue weighted by Gasteiger charge is -2.17. The van der Waals surface area contributed by atoms with Gasteiger partial charge in [0.1, 0.15) is 6.34 Å². The first-order chi connectivity index (χ1) is 5.47. The average molecular weight is 165 g/mol. The molecular weight excluding hydrogens is 158 g/mol. The van der Waals surface area contributed by atoms with Crippen molar-refractivity contribution in [3.05, 3.63) is 22.6 Å².